The van der Waals surface area contributed by atoms with E-state index in [0.717, 1.165) is 33.3 Å². The molecule has 3 rings (SSSR count). The molecule has 2 N–H and O–H groups in total. The fourth-order valence-corrected chi connectivity index (χ4v) is 3.34. The van der Waals surface area contributed by atoms with Crippen LogP contribution in [0.5, 0.6) is 5.75 Å². The molecule has 1 heterocycles. The summed E-state index contributed by atoms with van der Waals surface area (Å²) in [5, 5.41) is 0.712. The van der Waals surface area contributed by atoms with Crippen LogP contribution in [0.2, 0.25) is 5.02 Å². The fraction of sp³-hybridized carbons (Fsp3) is 0.250. The van der Waals surface area contributed by atoms with Crippen molar-refractivity contribution >= 4 is 27.5 Å². The van der Waals surface area contributed by atoms with E-state index in [9.17, 15) is 0 Å². The fourth-order valence-electron chi connectivity index (χ4n) is 2.60. The minimum atomic E-state index is -0.255. The maximum absolute atomic E-state index is 6.46. The molecule has 0 saturated carbocycles. The number of aryl methyl sites for hydroxylation is 1. The van der Waals surface area contributed by atoms with Gasteiger partial charge in [0.1, 0.15) is 5.75 Å². The van der Waals surface area contributed by atoms with E-state index >= 15 is 0 Å². The Bertz CT molecular complexity index is 672. The van der Waals surface area contributed by atoms with Gasteiger partial charge >= 0.3 is 0 Å². The molecular weight excluding hydrogens is 338 g/mol. The van der Waals surface area contributed by atoms with Gasteiger partial charge in [-0.3, -0.25) is 0 Å². The lowest BCUT2D eigenvalue weighted by atomic mass is 9.95. The summed E-state index contributed by atoms with van der Waals surface area (Å²) in [5.41, 5.74) is 10.8. The number of hydrogen-bond donors (Lipinski definition) is 1. The Morgan fingerprint density at radius 2 is 2.05 bits per heavy atom. The largest absolute Gasteiger partial charge is 0.493 e. The van der Waals surface area contributed by atoms with Crippen LogP contribution in [-0.2, 0) is 6.42 Å². The summed E-state index contributed by atoms with van der Waals surface area (Å²) in [6.07, 6.45) is 0.893. The van der Waals surface area contributed by atoms with Crippen LogP contribution in [0.15, 0.2) is 34.8 Å². The second kappa shape index (κ2) is 5.40. The van der Waals surface area contributed by atoms with Crippen molar-refractivity contribution in [1.82, 2.24) is 0 Å². The van der Waals surface area contributed by atoms with Crippen molar-refractivity contribution in [2.24, 2.45) is 5.73 Å². The van der Waals surface area contributed by atoms with Crippen LogP contribution in [0.25, 0.3) is 0 Å². The lowest BCUT2D eigenvalue weighted by Crippen LogP contribution is -2.14. The summed E-state index contributed by atoms with van der Waals surface area (Å²) < 4.78 is 6.75. The Kier molecular flexibility index (Phi) is 3.76. The van der Waals surface area contributed by atoms with Gasteiger partial charge in [-0.25, -0.2) is 0 Å². The van der Waals surface area contributed by atoms with Crippen molar-refractivity contribution in [1.29, 1.82) is 0 Å². The molecule has 4 heteroatoms. The Labute approximate surface area is 132 Å². The minimum absolute atomic E-state index is 0.255. The molecule has 2 aromatic rings. The molecule has 1 atom stereocenters. The summed E-state index contributed by atoms with van der Waals surface area (Å²) in [6.45, 7) is 2.76. The number of rotatable bonds is 2. The molecule has 0 fully saturated rings. The van der Waals surface area contributed by atoms with E-state index in [4.69, 9.17) is 22.1 Å². The van der Waals surface area contributed by atoms with Gasteiger partial charge in [-0.15, -0.1) is 0 Å². The third-order valence-corrected chi connectivity index (χ3v) is 4.54. The first-order chi connectivity index (χ1) is 9.56. The van der Waals surface area contributed by atoms with Gasteiger partial charge in [0, 0.05) is 21.5 Å². The number of ether oxygens (including phenoxy) is 1. The smallest absolute Gasteiger partial charge is 0.127 e. The van der Waals surface area contributed by atoms with Gasteiger partial charge in [0.05, 0.1) is 12.6 Å². The number of benzene rings is 2. The van der Waals surface area contributed by atoms with Crippen molar-refractivity contribution in [3.05, 3.63) is 62.1 Å². The lowest BCUT2D eigenvalue weighted by Gasteiger charge is -2.18. The van der Waals surface area contributed by atoms with E-state index in [1.165, 1.54) is 5.56 Å². The maximum Gasteiger partial charge on any atom is 0.127 e. The van der Waals surface area contributed by atoms with Crippen molar-refractivity contribution in [2.45, 2.75) is 19.4 Å². The molecule has 2 nitrogen and oxygen atoms in total. The van der Waals surface area contributed by atoms with Crippen molar-refractivity contribution in [2.75, 3.05) is 6.61 Å². The van der Waals surface area contributed by atoms with Gasteiger partial charge in [0.25, 0.3) is 0 Å². The van der Waals surface area contributed by atoms with Crippen LogP contribution in [0, 0.1) is 6.92 Å². The van der Waals surface area contributed by atoms with Gasteiger partial charge in [0.2, 0.25) is 0 Å². The summed E-state index contributed by atoms with van der Waals surface area (Å²) >= 11 is 9.78. The normalized spacial score (nSPS) is 14.8. The molecular formula is C16H15BrClNO. The third-order valence-electron chi connectivity index (χ3n) is 3.60. The first kappa shape index (κ1) is 13.9. The van der Waals surface area contributed by atoms with Gasteiger partial charge in [-0.05, 0) is 36.2 Å². The molecule has 104 valence electrons. The predicted molar refractivity (Wildman–Crippen MR) is 85.6 cm³/mol. The maximum atomic E-state index is 6.46. The first-order valence-electron chi connectivity index (χ1n) is 6.53. The topological polar surface area (TPSA) is 35.2 Å². The van der Waals surface area contributed by atoms with Crippen LogP contribution in [0.3, 0.4) is 0 Å². The zero-order valence-corrected chi connectivity index (χ0v) is 13.5. The third kappa shape index (κ3) is 2.46. The van der Waals surface area contributed by atoms with E-state index in [0.29, 0.717) is 11.6 Å². The van der Waals surface area contributed by atoms with E-state index in [1.54, 1.807) is 0 Å². The zero-order valence-electron chi connectivity index (χ0n) is 11.1. The molecule has 20 heavy (non-hydrogen) atoms. The number of hydrogen-bond acceptors (Lipinski definition) is 2. The molecule has 0 radical (unpaired) electrons. The highest BCUT2D eigenvalue weighted by Gasteiger charge is 2.23. The standard InChI is InChI=1S/C16H15BrClNO/c1-9-2-3-14(17)12(6-9)15(19)13-8-11(18)7-10-4-5-20-16(10)13/h2-3,6-8,15H,4-5,19H2,1H3. The molecule has 2 aromatic carbocycles. The summed E-state index contributed by atoms with van der Waals surface area (Å²) in [5.74, 6) is 0.898. The van der Waals surface area contributed by atoms with Gasteiger partial charge in [0.15, 0.2) is 0 Å². The average Bonchev–Trinajstić information content (AvgIpc) is 2.87. The van der Waals surface area contributed by atoms with Crippen LogP contribution in [0.1, 0.15) is 28.3 Å². The molecule has 1 unspecified atom stereocenters. The lowest BCUT2D eigenvalue weighted by molar-refractivity contribution is 0.352. The second-order valence-electron chi connectivity index (χ2n) is 5.08. The van der Waals surface area contributed by atoms with Crippen LogP contribution in [0.4, 0.5) is 0 Å². The van der Waals surface area contributed by atoms with Crippen molar-refractivity contribution < 1.29 is 4.74 Å². The van der Waals surface area contributed by atoms with Crippen molar-refractivity contribution in [3.63, 3.8) is 0 Å². The van der Waals surface area contributed by atoms with Gasteiger partial charge in [-0.2, -0.15) is 0 Å². The summed E-state index contributed by atoms with van der Waals surface area (Å²) in [4.78, 5) is 0. The first-order valence-corrected chi connectivity index (χ1v) is 7.70. The minimum Gasteiger partial charge on any atom is -0.493 e. The highest BCUT2D eigenvalue weighted by molar-refractivity contribution is 9.10. The van der Waals surface area contributed by atoms with Crippen LogP contribution in [-0.4, -0.2) is 6.61 Å². The quantitative estimate of drug-likeness (QED) is 0.870. The van der Waals surface area contributed by atoms with Gasteiger partial charge in [-0.1, -0.05) is 45.2 Å². The molecule has 0 bridgehead atoms. The van der Waals surface area contributed by atoms with E-state index in [1.807, 2.05) is 18.2 Å². The Balaban J connectivity index is 2.11. The average molecular weight is 353 g/mol. The number of halogens is 2. The molecule has 0 saturated heterocycles. The summed E-state index contributed by atoms with van der Waals surface area (Å²) in [6, 6.07) is 9.79. The highest BCUT2D eigenvalue weighted by Crippen LogP contribution is 2.39. The van der Waals surface area contributed by atoms with Crippen LogP contribution >= 0.6 is 27.5 Å². The van der Waals surface area contributed by atoms with E-state index < -0.39 is 0 Å². The SMILES string of the molecule is Cc1ccc(Br)c(C(N)c2cc(Cl)cc3c2OCC3)c1. The molecule has 0 aromatic heterocycles. The van der Waals surface area contributed by atoms with Gasteiger partial charge < -0.3 is 10.5 Å². The number of fused-ring (bicyclic) bond motifs is 1. The highest BCUT2D eigenvalue weighted by atomic mass is 79.9. The molecule has 0 aliphatic carbocycles. The molecule has 0 spiro atoms. The van der Waals surface area contributed by atoms with E-state index in [-0.39, 0.29) is 6.04 Å². The Morgan fingerprint density at radius 3 is 2.85 bits per heavy atom. The Hall–Kier alpha value is -1.03. The molecule has 1 aliphatic heterocycles. The summed E-state index contributed by atoms with van der Waals surface area (Å²) in [7, 11) is 0. The van der Waals surface area contributed by atoms with E-state index in [2.05, 4.69) is 35.0 Å². The van der Waals surface area contributed by atoms with Crippen LogP contribution < -0.4 is 10.5 Å². The molecule has 1 aliphatic rings. The monoisotopic (exact) mass is 351 g/mol. The predicted octanol–water partition coefficient (Wildman–Crippen LogP) is 4.39. The second-order valence-corrected chi connectivity index (χ2v) is 6.38. The van der Waals surface area contributed by atoms with Crippen molar-refractivity contribution in [3.8, 4) is 5.75 Å². The number of nitrogens with two attached hydrogens (primary N) is 1. The zero-order chi connectivity index (χ0) is 14.3. The molecule has 0 amide bonds. The Morgan fingerprint density at radius 1 is 1.25 bits per heavy atom.